The third kappa shape index (κ3) is 8.55. The van der Waals surface area contributed by atoms with E-state index in [1.165, 1.54) is 41.3 Å². The van der Waals surface area contributed by atoms with Gasteiger partial charge in [0.25, 0.3) is 15.7 Å². The van der Waals surface area contributed by atoms with Crippen LogP contribution < -0.4 is 9.62 Å². The molecule has 1 fully saturated rings. The van der Waals surface area contributed by atoms with Gasteiger partial charge in [-0.15, -0.1) is 0 Å². The zero-order valence-electron chi connectivity index (χ0n) is 25.6. The molecule has 4 aromatic rings. The van der Waals surface area contributed by atoms with Crippen molar-refractivity contribution in [3.63, 3.8) is 0 Å². The van der Waals surface area contributed by atoms with Gasteiger partial charge < -0.3 is 10.2 Å². The molecule has 244 valence electrons. The quantitative estimate of drug-likeness (QED) is 0.134. The molecule has 47 heavy (non-hydrogen) atoms. The van der Waals surface area contributed by atoms with Crippen LogP contribution in [-0.4, -0.2) is 48.7 Å². The summed E-state index contributed by atoms with van der Waals surface area (Å²) in [6, 6.07) is 27.8. The maximum Gasteiger partial charge on any atom is 0.269 e. The fourth-order valence-electron chi connectivity index (χ4n) is 5.74. The lowest BCUT2D eigenvalue weighted by Crippen LogP contribution is -2.54. The lowest BCUT2D eigenvalue weighted by molar-refractivity contribution is -0.384. The summed E-state index contributed by atoms with van der Waals surface area (Å²) in [6.07, 6.45) is 3.88. The van der Waals surface area contributed by atoms with Gasteiger partial charge in [-0.25, -0.2) is 8.42 Å². The number of halogens is 1. The molecule has 10 nitrogen and oxygen atoms in total. The number of nitrogens with zero attached hydrogens (tertiary/aromatic N) is 3. The van der Waals surface area contributed by atoms with Gasteiger partial charge in [0.05, 0.1) is 15.5 Å². The highest BCUT2D eigenvalue weighted by Crippen LogP contribution is 2.27. The van der Waals surface area contributed by atoms with E-state index in [0.717, 1.165) is 35.6 Å². The average molecular weight is 675 g/mol. The minimum Gasteiger partial charge on any atom is -0.352 e. The zero-order chi connectivity index (χ0) is 33.4. The first-order valence-corrected chi connectivity index (χ1v) is 17.1. The molecule has 1 aliphatic carbocycles. The van der Waals surface area contributed by atoms with Gasteiger partial charge in [0.2, 0.25) is 11.8 Å². The third-order valence-electron chi connectivity index (χ3n) is 8.17. The van der Waals surface area contributed by atoms with Crippen molar-refractivity contribution < 1.29 is 22.9 Å². The van der Waals surface area contributed by atoms with E-state index < -0.39 is 33.4 Å². The molecule has 0 aliphatic heterocycles. The van der Waals surface area contributed by atoms with Gasteiger partial charge in [0.15, 0.2) is 0 Å². The largest absolute Gasteiger partial charge is 0.352 e. The predicted molar refractivity (Wildman–Crippen MR) is 180 cm³/mol. The highest BCUT2D eigenvalue weighted by atomic mass is 35.5. The summed E-state index contributed by atoms with van der Waals surface area (Å²) in [7, 11) is -4.32. The molecule has 5 rings (SSSR count). The smallest absolute Gasteiger partial charge is 0.269 e. The van der Waals surface area contributed by atoms with Crippen LogP contribution in [0.25, 0.3) is 0 Å². The van der Waals surface area contributed by atoms with Crippen LogP contribution in [0.3, 0.4) is 0 Å². The summed E-state index contributed by atoms with van der Waals surface area (Å²) >= 11 is 6.30. The molecule has 1 N–H and O–H groups in total. The Morgan fingerprint density at radius 3 is 2.11 bits per heavy atom. The Kier molecular flexibility index (Phi) is 10.9. The Morgan fingerprint density at radius 1 is 0.872 bits per heavy atom. The number of carbonyl (C=O) groups is 2. The van der Waals surface area contributed by atoms with Crippen LogP contribution in [0.2, 0.25) is 5.02 Å². The number of benzene rings is 4. The number of anilines is 1. The number of nitrogens with one attached hydrogen (secondary N) is 1. The van der Waals surface area contributed by atoms with Crippen LogP contribution in [0.4, 0.5) is 11.4 Å². The van der Waals surface area contributed by atoms with Gasteiger partial charge in [-0.1, -0.05) is 85.1 Å². The summed E-state index contributed by atoms with van der Waals surface area (Å²) in [5, 5.41) is 14.9. The van der Waals surface area contributed by atoms with Crippen molar-refractivity contribution in [1.82, 2.24) is 10.2 Å². The zero-order valence-corrected chi connectivity index (χ0v) is 27.1. The van der Waals surface area contributed by atoms with Crippen molar-refractivity contribution in [3.8, 4) is 0 Å². The first-order valence-electron chi connectivity index (χ1n) is 15.3. The number of hydrogen-bond acceptors (Lipinski definition) is 6. The Labute approximate surface area is 279 Å². The van der Waals surface area contributed by atoms with Crippen LogP contribution in [0.5, 0.6) is 0 Å². The van der Waals surface area contributed by atoms with Crippen molar-refractivity contribution in [2.24, 2.45) is 0 Å². The van der Waals surface area contributed by atoms with Crippen molar-refractivity contribution >= 4 is 44.8 Å². The Morgan fingerprint density at radius 2 is 1.49 bits per heavy atom. The normalized spacial score (nSPS) is 13.9. The molecule has 0 aromatic heterocycles. The molecule has 0 spiro atoms. The van der Waals surface area contributed by atoms with Crippen LogP contribution >= 0.6 is 11.6 Å². The number of carbonyl (C=O) groups excluding carboxylic acids is 2. The number of hydrogen-bond donors (Lipinski definition) is 1. The highest BCUT2D eigenvalue weighted by Gasteiger charge is 2.35. The van der Waals surface area contributed by atoms with Gasteiger partial charge >= 0.3 is 0 Å². The van der Waals surface area contributed by atoms with E-state index in [-0.39, 0.29) is 41.2 Å². The van der Waals surface area contributed by atoms with Gasteiger partial charge in [-0.05, 0) is 60.4 Å². The van der Waals surface area contributed by atoms with Crippen LogP contribution in [0, 0.1) is 10.1 Å². The number of rotatable bonds is 13. The van der Waals surface area contributed by atoms with Crippen molar-refractivity contribution in [1.29, 1.82) is 0 Å². The molecular weight excluding hydrogens is 640 g/mol. The topological polar surface area (TPSA) is 130 Å². The highest BCUT2D eigenvalue weighted by molar-refractivity contribution is 7.92. The van der Waals surface area contributed by atoms with Crippen molar-refractivity contribution in [3.05, 3.63) is 135 Å². The molecule has 4 aromatic carbocycles. The molecule has 1 saturated carbocycles. The Bertz CT molecular complexity index is 1800. The van der Waals surface area contributed by atoms with E-state index in [1.54, 1.807) is 42.5 Å². The molecule has 0 saturated heterocycles. The minimum atomic E-state index is -4.32. The summed E-state index contributed by atoms with van der Waals surface area (Å²) in [4.78, 5) is 40.7. The fraction of sp³-hybridized carbons (Fsp3) is 0.257. The number of amides is 2. The summed E-state index contributed by atoms with van der Waals surface area (Å²) < 4.78 is 29.0. The molecule has 2 amide bonds. The maximum atomic E-state index is 14.5. The second-order valence-electron chi connectivity index (χ2n) is 11.4. The lowest BCUT2D eigenvalue weighted by Gasteiger charge is -2.34. The van der Waals surface area contributed by atoms with Gasteiger partial charge in [0, 0.05) is 36.2 Å². The standard InChI is InChI=1S/C35H35ClN4O6S/c36-28-13-9-12-27(22-28)24-38(33(23-26-10-3-1-4-11-26)35(42)37-29-14-7-8-15-29)34(41)25-39(30-18-20-31(21-19-30)40(43)44)47(45,46)32-16-5-2-6-17-32/h1-6,9-13,16-22,29,33H,7-8,14-15,23-25H2,(H,37,42). The SMILES string of the molecule is O=C(NC1CCCC1)C(Cc1ccccc1)N(Cc1cccc(Cl)c1)C(=O)CN(c1ccc([N+](=O)[O-])cc1)S(=O)(=O)c1ccccc1. The third-order valence-corrected chi connectivity index (χ3v) is 10.2. The fourth-order valence-corrected chi connectivity index (χ4v) is 7.39. The van der Waals surface area contributed by atoms with E-state index in [1.807, 2.05) is 30.3 Å². The van der Waals surface area contributed by atoms with E-state index in [0.29, 0.717) is 10.6 Å². The lowest BCUT2D eigenvalue weighted by atomic mass is 10.0. The monoisotopic (exact) mass is 674 g/mol. The molecule has 0 heterocycles. The Hall–Kier alpha value is -4.74. The second kappa shape index (κ2) is 15.2. The number of nitro groups is 1. The number of non-ortho nitro benzene ring substituents is 1. The maximum absolute atomic E-state index is 14.5. The summed E-state index contributed by atoms with van der Waals surface area (Å²) in [5.74, 6) is -0.964. The van der Waals surface area contributed by atoms with E-state index in [9.17, 15) is 28.1 Å². The first kappa shape index (κ1) is 33.6. The average Bonchev–Trinajstić information content (AvgIpc) is 3.59. The number of sulfonamides is 1. The van der Waals surface area contributed by atoms with Crippen LogP contribution in [-0.2, 0) is 32.6 Å². The molecule has 1 unspecified atom stereocenters. The molecule has 0 bridgehead atoms. The van der Waals surface area contributed by atoms with Crippen molar-refractivity contribution in [2.45, 2.75) is 55.6 Å². The van der Waals surface area contributed by atoms with Crippen LogP contribution in [0.1, 0.15) is 36.8 Å². The van der Waals surface area contributed by atoms with Gasteiger partial charge in [-0.2, -0.15) is 0 Å². The minimum absolute atomic E-state index is 0.0149. The summed E-state index contributed by atoms with van der Waals surface area (Å²) in [5.41, 5.74) is 1.31. The molecular formula is C35H35ClN4O6S. The number of nitro benzene ring substituents is 1. The van der Waals surface area contributed by atoms with Crippen LogP contribution in [0.15, 0.2) is 114 Å². The molecule has 12 heteroatoms. The predicted octanol–water partition coefficient (Wildman–Crippen LogP) is 6.14. The van der Waals surface area contributed by atoms with E-state index in [2.05, 4.69) is 5.32 Å². The van der Waals surface area contributed by atoms with Gasteiger partial charge in [-0.3, -0.25) is 24.0 Å². The molecule has 1 atom stereocenters. The van der Waals surface area contributed by atoms with Crippen molar-refractivity contribution in [2.75, 3.05) is 10.8 Å². The molecule has 0 radical (unpaired) electrons. The van der Waals surface area contributed by atoms with E-state index in [4.69, 9.17) is 11.6 Å². The summed E-state index contributed by atoms with van der Waals surface area (Å²) in [6.45, 7) is -0.688. The van der Waals surface area contributed by atoms with Gasteiger partial charge in [0.1, 0.15) is 12.6 Å². The first-order chi connectivity index (χ1) is 22.6. The Balaban J connectivity index is 1.57. The molecule has 1 aliphatic rings. The second-order valence-corrected chi connectivity index (χ2v) is 13.7. The van der Waals surface area contributed by atoms with E-state index >= 15 is 0 Å².